The number of furan rings is 1. The van der Waals surface area contributed by atoms with Crippen LogP contribution in [0.1, 0.15) is 52.7 Å². The van der Waals surface area contributed by atoms with Gasteiger partial charge in [-0.15, -0.1) is 0 Å². The molecule has 11 aromatic rings. The zero-order chi connectivity index (χ0) is 38.2. The summed E-state index contributed by atoms with van der Waals surface area (Å²) < 4.78 is 12.8. The van der Waals surface area contributed by atoms with Gasteiger partial charge in [0.05, 0.1) is 43.3 Å². The molecule has 0 saturated carbocycles. The Labute approximate surface area is 333 Å². The van der Waals surface area contributed by atoms with E-state index in [1.54, 1.807) is 0 Å². The van der Waals surface area contributed by atoms with Gasteiger partial charge in [-0.2, -0.15) is 0 Å². The summed E-state index contributed by atoms with van der Waals surface area (Å²) in [5.74, 6) is 0. The second-order valence-corrected chi connectivity index (χ2v) is 18.4. The van der Waals surface area contributed by atoms with E-state index in [2.05, 4.69) is 206 Å². The van der Waals surface area contributed by atoms with E-state index < -0.39 is 0 Å². The van der Waals surface area contributed by atoms with Gasteiger partial charge >= 0.3 is 0 Å². The number of hydrogen-bond donors (Lipinski definition) is 0. The normalized spacial score (nSPS) is 12.9. The van der Waals surface area contributed by atoms with E-state index >= 15 is 0 Å². The van der Waals surface area contributed by atoms with E-state index in [-0.39, 0.29) is 10.8 Å². The molecule has 0 fully saturated rings. The van der Waals surface area contributed by atoms with E-state index in [0.717, 1.165) is 48.8 Å². The summed E-state index contributed by atoms with van der Waals surface area (Å²) in [6, 6.07) is 51.6. The minimum absolute atomic E-state index is 0.00363. The zero-order valence-electron chi connectivity index (χ0n) is 32.5. The molecule has 0 bridgehead atoms. The van der Waals surface area contributed by atoms with E-state index in [1.165, 1.54) is 65.3 Å². The van der Waals surface area contributed by atoms with Crippen molar-refractivity contribution in [1.29, 1.82) is 0 Å². The molecule has 3 aromatic heterocycles. The van der Waals surface area contributed by atoms with Crippen LogP contribution in [-0.4, -0.2) is 9.13 Å². The Morgan fingerprint density at radius 1 is 0.429 bits per heavy atom. The summed E-state index contributed by atoms with van der Waals surface area (Å²) in [5, 5.41) is 12.1. The average Bonchev–Trinajstić information content (AvgIpc) is 3.83. The molecule has 3 heterocycles. The van der Waals surface area contributed by atoms with E-state index in [1.807, 2.05) is 0 Å². The minimum atomic E-state index is 0.00363. The summed E-state index contributed by atoms with van der Waals surface area (Å²) in [6.07, 6.45) is 0. The number of rotatable bonds is 2. The molecular weight excluding hydrogens is 748 g/mol. The molecule has 0 spiro atoms. The molecule has 0 aliphatic carbocycles. The topological polar surface area (TPSA) is 23.0 Å². The Morgan fingerprint density at radius 3 is 1.66 bits per heavy atom. The van der Waals surface area contributed by atoms with Crippen molar-refractivity contribution in [2.24, 2.45) is 0 Å². The summed E-state index contributed by atoms with van der Waals surface area (Å²) >= 11 is 4.37. The standard InChI is InChI=1S/C52H41BrN2O/c1-51(2,3)33-20-23-40-37(27-33)38-28-34(52(4,5)6)21-24-41(38)55(40)50-48-36-17-11-12-18-45(36)56-46(48)29-44(49(50)53)54-42-22-19-30-13-9-10-16-35(30)47(42)39-25-31-14-7-8-15-32(31)26-43(39)54/h7-29H,1-6H3. The van der Waals surface area contributed by atoms with E-state index in [9.17, 15) is 0 Å². The number of nitrogens with zero attached hydrogens (tertiary/aromatic N) is 2. The third-order valence-electron chi connectivity index (χ3n) is 12.0. The fourth-order valence-electron chi connectivity index (χ4n) is 9.13. The molecule has 0 atom stereocenters. The predicted octanol–water partition coefficient (Wildman–Crippen LogP) is 15.4. The predicted molar refractivity (Wildman–Crippen MR) is 243 cm³/mol. The quantitative estimate of drug-likeness (QED) is 0.171. The number of hydrogen-bond acceptors (Lipinski definition) is 1. The van der Waals surface area contributed by atoms with E-state index in [4.69, 9.17) is 4.42 Å². The molecule has 272 valence electrons. The lowest BCUT2D eigenvalue weighted by atomic mass is 9.85. The second kappa shape index (κ2) is 11.6. The van der Waals surface area contributed by atoms with Crippen molar-refractivity contribution in [3.05, 3.63) is 155 Å². The Balaban J connectivity index is 1.34. The molecule has 56 heavy (non-hydrogen) atoms. The molecule has 0 N–H and O–H groups in total. The smallest absolute Gasteiger partial charge is 0.139 e. The van der Waals surface area contributed by atoms with Crippen molar-refractivity contribution >= 4 is 103 Å². The monoisotopic (exact) mass is 788 g/mol. The van der Waals surface area contributed by atoms with Gasteiger partial charge in [0.15, 0.2) is 0 Å². The van der Waals surface area contributed by atoms with Crippen molar-refractivity contribution in [3.63, 3.8) is 0 Å². The maximum atomic E-state index is 6.85. The Morgan fingerprint density at radius 2 is 1.00 bits per heavy atom. The summed E-state index contributed by atoms with van der Waals surface area (Å²) in [5.41, 5.74) is 11.1. The van der Waals surface area contributed by atoms with Crippen molar-refractivity contribution in [3.8, 4) is 11.4 Å². The average molecular weight is 790 g/mol. The SMILES string of the molecule is CC(C)(C)c1ccc2c(c1)c1cc(C(C)(C)C)ccc1n2-c1c(Br)c(-n2c3cc4ccccc4cc3c3c4ccccc4ccc32)cc2oc3ccccc3c12. The lowest BCUT2D eigenvalue weighted by Gasteiger charge is -2.20. The Kier molecular flexibility index (Phi) is 6.94. The van der Waals surface area contributed by atoms with Crippen molar-refractivity contribution < 1.29 is 4.42 Å². The summed E-state index contributed by atoms with van der Waals surface area (Å²) in [7, 11) is 0. The van der Waals surface area contributed by atoms with Crippen LogP contribution in [0.15, 0.2) is 148 Å². The highest BCUT2D eigenvalue weighted by Gasteiger charge is 2.27. The molecule has 11 rings (SSSR count). The van der Waals surface area contributed by atoms with Gasteiger partial charge in [0, 0.05) is 33.0 Å². The Hall–Kier alpha value is -5.84. The number of aromatic nitrogens is 2. The molecule has 0 amide bonds. The fourth-order valence-corrected chi connectivity index (χ4v) is 9.80. The first-order chi connectivity index (χ1) is 27.0. The number of halogens is 1. The molecule has 0 radical (unpaired) electrons. The highest BCUT2D eigenvalue weighted by atomic mass is 79.9. The lowest BCUT2D eigenvalue weighted by Crippen LogP contribution is -2.10. The van der Waals surface area contributed by atoms with Crippen LogP contribution in [0, 0.1) is 0 Å². The van der Waals surface area contributed by atoms with Crippen LogP contribution in [0.25, 0.3) is 98.5 Å². The molecule has 0 saturated heterocycles. The van der Waals surface area contributed by atoms with Crippen molar-refractivity contribution in [2.75, 3.05) is 0 Å². The lowest BCUT2D eigenvalue weighted by molar-refractivity contribution is 0.590. The molecule has 3 nitrogen and oxygen atoms in total. The Bertz CT molecular complexity index is 3380. The first-order valence-electron chi connectivity index (χ1n) is 19.5. The van der Waals surface area contributed by atoms with Gasteiger partial charge in [0.1, 0.15) is 11.2 Å². The van der Waals surface area contributed by atoms with Gasteiger partial charge in [0.25, 0.3) is 0 Å². The van der Waals surface area contributed by atoms with Crippen LogP contribution in [0.2, 0.25) is 0 Å². The van der Waals surface area contributed by atoms with Gasteiger partial charge in [-0.1, -0.05) is 126 Å². The largest absolute Gasteiger partial charge is 0.456 e. The number of fused-ring (bicyclic) bond motifs is 12. The van der Waals surface area contributed by atoms with Gasteiger partial charge in [-0.3, -0.25) is 0 Å². The minimum Gasteiger partial charge on any atom is -0.456 e. The van der Waals surface area contributed by atoms with Crippen LogP contribution < -0.4 is 0 Å². The third kappa shape index (κ3) is 4.75. The summed E-state index contributed by atoms with van der Waals surface area (Å²) in [6.45, 7) is 13.8. The van der Waals surface area contributed by atoms with Crippen LogP contribution in [0.4, 0.5) is 0 Å². The maximum Gasteiger partial charge on any atom is 0.139 e. The highest BCUT2D eigenvalue weighted by Crippen LogP contribution is 2.48. The fraction of sp³-hybridized carbons (Fsp3) is 0.154. The molecule has 4 heteroatoms. The second-order valence-electron chi connectivity index (χ2n) is 17.6. The van der Waals surface area contributed by atoms with Gasteiger partial charge in [-0.05, 0) is 108 Å². The molecular formula is C52H41BrN2O. The van der Waals surface area contributed by atoms with Crippen molar-refractivity contribution in [1.82, 2.24) is 9.13 Å². The van der Waals surface area contributed by atoms with Crippen LogP contribution in [0.3, 0.4) is 0 Å². The zero-order valence-corrected chi connectivity index (χ0v) is 34.0. The molecule has 0 aliphatic rings. The number of para-hydroxylation sites is 1. The van der Waals surface area contributed by atoms with E-state index in [0.29, 0.717) is 0 Å². The van der Waals surface area contributed by atoms with Gasteiger partial charge in [-0.25, -0.2) is 0 Å². The van der Waals surface area contributed by atoms with Crippen LogP contribution in [-0.2, 0) is 10.8 Å². The van der Waals surface area contributed by atoms with Crippen molar-refractivity contribution in [2.45, 2.75) is 52.4 Å². The first kappa shape index (κ1) is 33.5. The number of benzene rings is 8. The molecule has 0 unspecified atom stereocenters. The third-order valence-corrected chi connectivity index (χ3v) is 12.8. The van der Waals surface area contributed by atoms with Crippen LogP contribution >= 0.6 is 15.9 Å². The van der Waals surface area contributed by atoms with Gasteiger partial charge < -0.3 is 13.6 Å². The van der Waals surface area contributed by atoms with Gasteiger partial charge in [0.2, 0.25) is 0 Å². The molecule has 8 aromatic carbocycles. The maximum absolute atomic E-state index is 6.85. The highest BCUT2D eigenvalue weighted by molar-refractivity contribution is 9.10. The molecule has 0 aliphatic heterocycles. The first-order valence-corrected chi connectivity index (χ1v) is 20.3. The van der Waals surface area contributed by atoms with Crippen LogP contribution in [0.5, 0.6) is 0 Å². The summed E-state index contributed by atoms with van der Waals surface area (Å²) in [4.78, 5) is 0.